The van der Waals surface area contributed by atoms with E-state index in [4.69, 9.17) is 9.26 Å². The molecule has 0 bridgehead atoms. The van der Waals surface area contributed by atoms with Crippen LogP contribution in [0, 0.1) is 18.8 Å². The van der Waals surface area contributed by atoms with Gasteiger partial charge in [-0.15, -0.1) is 0 Å². The first-order valence-electron chi connectivity index (χ1n) is 9.33. The molecule has 2 aromatic heterocycles. The van der Waals surface area contributed by atoms with E-state index in [2.05, 4.69) is 28.1 Å². The van der Waals surface area contributed by atoms with E-state index in [0.717, 1.165) is 36.8 Å². The minimum Gasteiger partial charge on any atom is -0.493 e. The maximum Gasteiger partial charge on any atom is 0.252 e. The average Bonchev–Trinajstić information content (AvgIpc) is 3.08. The third-order valence-electron chi connectivity index (χ3n) is 5.17. The van der Waals surface area contributed by atoms with Crippen LogP contribution in [0.3, 0.4) is 0 Å². The summed E-state index contributed by atoms with van der Waals surface area (Å²) in [6.07, 6.45) is 7.91. The summed E-state index contributed by atoms with van der Waals surface area (Å²) in [7, 11) is 0. The summed E-state index contributed by atoms with van der Waals surface area (Å²) in [5, 5.41) is 12.7. The van der Waals surface area contributed by atoms with Crippen LogP contribution in [-0.4, -0.2) is 26.8 Å². The summed E-state index contributed by atoms with van der Waals surface area (Å²) in [5.74, 6) is 2.66. The summed E-state index contributed by atoms with van der Waals surface area (Å²) in [6, 6.07) is 9.59. The Morgan fingerprint density at radius 2 is 2.00 bits per heavy atom. The van der Waals surface area contributed by atoms with Gasteiger partial charge in [-0.25, -0.2) is 4.98 Å². The Morgan fingerprint density at radius 1 is 1.15 bits per heavy atom. The second-order valence-electron chi connectivity index (χ2n) is 7.26. The molecule has 140 valence electrons. The van der Waals surface area contributed by atoms with E-state index in [-0.39, 0.29) is 5.88 Å². The number of nitrogens with zero attached hydrogens (tertiary/aromatic N) is 3. The molecule has 6 nitrogen and oxygen atoms in total. The lowest BCUT2D eigenvalue weighted by molar-refractivity contribution is 0.114. The van der Waals surface area contributed by atoms with Crippen molar-refractivity contribution in [2.24, 2.45) is 11.8 Å². The molecule has 0 radical (unpaired) electrons. The molecule has 0 amide bonds. The molecule has 2 heterocycles. The zero-order valence-corrected chi connectivity index (χ0v) is 15.3. The maximum atomic E-state index is 9.22. The van der Waals surface area contributed by atoms with Crippen molar-refractivity contribution in [1.29, 1.82) is 0 Å². The van der Waals surface area contributed by atoms with E-state index in [0.29, 0.717) is 17.4 Å². The van der Waals surface area contributed by atoms with Gasteiger partial charge in [-0.3, -0.25) is 4.98 Å². The number of benzene rings is 1. The highest BCUT2D eigenvalue weighted by Crippen LogP contribution is 2.37. The zero-order valence-electron chi connectivity index (χ0n) is 15.3. The van der Waals surface area contributed by atoms with Crippen molar-refractivity contribution in [3.63, 3.8) is 0 Å². The Labute approximate surface area is 158 Å². The van der Waals surface area contributed by atoms with Gasteiger partial charge in [0.25, 0.3) is 5.88 Å². The molecule has 1 fully saturated rings. The van der Waals surface area contributed by atoms with Crippen molar-refractivity contribution in [3.05, 3.63) is 54.0 Å². The Kier molecular flexibility index (Phi) is 5.05. The van der Waals surface area contributed by atoms with Crippen LogP contribution in [0.25, 0.3) is 11.5 Å². The Hall–Kier alpha value is -2.89. The second-order valence-corrected chi connectivity index (χ2v) is 7.26. The molecular weight excluding hydrogens is 342 g/mol. The van der Waals surface area contributed by atoms with Crippen LogP contribution >= 0.6 is 0 Å². The van der Waals surface area contributed by atoms with Crippen LogP contribution in [0.1, 0.15) is 30.5 Å². The van der Waals surface area contributed by atoms with Crippen LogP contribution < -0.4 is 4.74 Å². The molecule has 0 unspecified atom stereocenters. The molecule has 1 aliphatic carbocycles. The van der Waals surface area contributed by atoms with Crippen LogP contribution in [0.5, 0.6) is 11.6 Å². The van der Waals surface area contributed by atoms with Crippen LogP contribution in [-0.2, 0) is 6.42 Å². The number of ether oxygens (including phenoxy) is 1. The van der Waals surface area contributed by atoms with E-state index in [1.54, 1.807) is 12.4 Å². The van der Waals surface area contributed by atoms with Gasteiger partial charge < -0.3 is 14.4 Å². The summed E-state index contributed by atoms with van der Waals surface area (Å²) in [6.45, 7) is 2.89. The topological polar surface area (TPSA) is 81.3 Å². The molecule has 4 rings (SSSR count). The lowest BCUT2D eigenvalue weighted by atomic mass is 9.73. The fourth-order valence-corrected chi connectivity index (χ4v) is 3.52. The number of aromatic nitrogens is 3. The Morgan fingerprint density at radius 3 is 2.70 bits per heavy atom. The number of rotatable bonds is 7. The number of aromatic hydroxyl groups is 1. The Bertz CT molecular complexity index is 886. The highest BCUT2D eigenvalue weighted by atomic mass is 16.5. The predicted octanol–water partition coefficient (Wildman–Crippen LogP) is 4.18. The highest BCUT2D eigenvalue weighted by molar-refractivity contribution is 5.51. The summed E-state index contributed by atoms with van der Waals surface area (Å²) >= 11 is 0. The number of hydrogen-bond acceptors (Lipinski definition) is 6. The fraction of sp³-hybridized carbons (Fsp3) is 0.381. The van der Waals surface area contributed by atoms with Gasteiger partial charge in [0.05, 0.1) is 24.6 Å². The average molecular weight is 365 g/mol. The molecule has 0 atom stereocenters. The summed E-state index contributed by atoms with van der Waals surface area (Å²) in [5.41, 5.74) is 2.74. The molecular formula is C21H23N3O3. The molecule has 0 aliphatic heterocycles. The molecule has 1 saturated carbocycles. The largest absolute Gasteiger partial charge is 0.493 e. The van der Waals surface area contributed by atoms with Gasteiger partial charge in [-0.2, -0.15) is 0 Å². The van der Waals surface area contributed by atoms with Gasteiger partial charge in [0.2, 0.25) is 0 Å². The Balaban J connectivity index is 1.19. The molecule has 1 aliphatic rings. The molecule has 6 heteroatoms. The van der Waals surface area contributed by atoms with E-state index in [1.807, 2.05) is 18.2 Å². The zero-order chi connectivity index (χ0) is 18.6. The SMILES string of the molecule is Cc1ccccc1OC[C@H]1C[C@@H](CCc2cnc(-c3cc(O)no3)cn2)C1. The monoisotopic (exact) mass is 365 g/mol. The first kappa shape index (κ1) is 17.5. The van der Waals surface area contributed by atoms with Crippen molar-refractivity contribution in [2.45, 2.75) is 32.6 Å². The number of hydrogen-bond donors (Lipinski definition) is 1. The smallest absolute Gasteiger partial charge is 0.252 e. The normalized spacial score (nSPS) is 18.9. The first-order valence-corrected chi connectivity index (χ1v) is 9.33. The minimum atomic E-state index is -0.151. The van der Waals surface area contributed by atoms with E-state index in [1.165, 1.54) is 24.5 Å². The van der Waals surface area contributed by atoms with E-state index < -0.39 is 0 Å². The van der Waals surface area contributed by atoms with E-state index >= 15 is 0 Å². The molecule has 1 aromatic carbocycles. The molecule has 27 heavy (non-hydrogen) atoms. The number of para-hydroxylation sites is 1. The number of aryl methyl sites for hydroxylation is 2. The van der Waals surface area contributed by atoms with Gasteiger partial charge in [-0.05, 0) is 61.2 Å². The minimum absolute atomic E-state index is 0.151. The lowest BCUT2D eigenvalue weighted by Gasteiger charge is -2.35. The molecule has 0 saturated heterocycles. The van der Waals surface area contributed by atoms with Crippen LogP contribution in [0.2, 0.25) is 0 Å². The fourth-order valence-electron chi connectivity index (χ4n) is 3.52. The highest BCUT2D eigenvalue weighted by Gasteiger charge is 2.29. The lowest BCUT2D eigenvalue weighted by Crippen LogP contribution is -2.29. The van der Waals surface area contributed by atoms with Crippen molar-refractivity contribution < 1.29 is 14.4 Å². The van der Waals surface area contributed by atoms with Crippen molar-refractivity contribution in [1.82, 2.24) is 15.1 Å². The van der Waals surface area contributed by atoms with Gasteiger partial charge in [0, 0.05) is 6.20 Å². The van der Waals surface area contributed by atoms with Crippen LogP contribution in [0.4, 0.5) is 0 Å². The summed E-state index contributed by atoms with van der Waals surface area (Å²) in [4.78, 5) is 8.79. The maximum absolute atomic E-state index is 9.22. The van der Waals surface area contributed by atoms with Gasteiger partial charge in [0.1, 0.15) is 11.4 Å². The van der Waals surface area contributed by atoms with Crippen molar-refractivity contribution in [2.75, 3.05) is 6.61 Å². The molecule has 0 spiro atoms. The first-order chi connectivity index (χ1) is 13.2. The van der Waals surface area contributed by atoms with Gasteiger partial charge >= 0.3 is 0 Å². The second kappa shape index (κ2) is 7.78. The van der Waals surface area contributed by atoms with Gasteiger partial charge in [-0.1, -0.05) is 18.2 Å². The van der Waals surface area contributed by atoms with Crippen molar-refractivity contribution >= 4 is 0 Å². The molecule has 3 aromatic rings. The third kappa shape index (κ3) is 4.27. The predicted molar refractivity (Wildman–Crippen MR) is 100 cm³/mol. The van der Waals surface area contributed by atoms with Crippen LogP contribution in [0.15, 0.2) is 47.2 Å². The van der Waals surface area contributed by atoms with Gasteiger partial charge in [0.15, 0.2) is 5.76 Å². The standard InChI is InChI=1S/C21H23N3O3/c1-14-4-2-3-5-19(14)26-13-16-8-15(9-16)6-7-17-11-23-18(12-22-17)20-10-21(25)24-27-20/h2-5,10-12,15-16H,6-9,13H2,1H3,(H,24,25)/t15-,16+. The summed E-state index contributed by atoms with van der Waals surface area (Å²) < 4.78 is 10.9. The molecule has 1 N–H and O–H groups in total. The van der Waals surface area contributed by atoms with Crippen molar-refractivity contribution in [3.8, 4) is 23.1 Å². The third-order valence-corrected chi connectivity index (χ3v) is 5.17. The quantitative estimate of drug-likeness (QED) is 0.676. The van der Waals surface area contributed by atoms with E-state index in [9.17, 15) is 5.11 Å².